The van der Waals surface area contributed by atoms with E-state index in [1.807, 2.05) is 79.8 Å². The van der Waals surface area contributed by atoms with Gasteiger partial charge >= 0.3 is 5.97 Å². The summed E-state index contributed by atoms with van der Waals surface area (Å²) < 4.78 is 5.34. The lowest BCUT2D eigenvalue weighted by Gasteiger charge is -2.19. The molecule has 0 atom stereocenters. The highest BCUT2D eigenvalue weighted by Gasteiger charge is 2.10. The second-order valence-electron chi connectivity index (χ2n) is 5.81. The van der Waals surface area contributed by atoms with Gasteiger partial charge in [0.2, 0.25) is 0 Å². The maximum atomic E-state index is 12.2. The summed E-state index contributed by atoms with van der Waals surface area (Å²) in [5.41, 5.74) is 3.48. The lowest BCUT2D eigenvalue weighted by molar-refractivity contribution is 0.0565. The van der Waals surface area contributed by atoms with Crippen molar-refractivity contribution in [2.75, 3.05) is 18.6 Å². The normalized spacial score (nSPS) is 10.2. The molecule has 0 bridgehead atoms. The van der Waals surface area contributed by atoms with Crippen molar-refractivity contribution >= 4 is 34.4 Å². The number of carbonyl (C=O) groups excluding carboxylic acids is 1. The average Bonchev–Trinajstić information content (AvgIpc) is 2.72. The molecule has 0 saturated carbocycles. The minimum Gasteiger partial charge on any atom is -0.456 e. The number of hydrogen-bond donors (Lipinski definition) is 0. The molecule has 0 aliphatic rings. The molecule has 0 spiro atoms. The highest BCUT2D eigenvalue weighted by atomic mass is 32.1. The van der Waals surface area contributed by atoms with Gasteiger partial charge in [-0.1, -0.05) is 60.7 Å². The van der Waals surface area contributed by atoms with Crippen molar-refractivity contribution in [3.63, 3.8) is 0 Å². The summed E-state index contributed by atoms with van der Waals surface area (Å²) in [5.74, 6) is -0.378. The zero-order chi connectivity index (χ0) is 18.4. The fourth-order valence-electron chi connectivity index (χ4n) is 2.54. The van der Waals surface area contributed by atoms with Crippen molar-refractivity contribution < 1.29 is 9.53 Å². The van der Waals surface area contributed by atoms with E-state index in [9.17, 15) is 4.79 Å². The van der Waals surface area contributed by atoms with Crippen molar-refractivity contribution in [2.45, 2.75) is 0 Å². The number of rotatable bonds is 6. The van der Waals surface area contributed by atoms with Gasteiger partial charge in [0.15, 0.2) is 0 Å². The van der Waals surface area contributed by atoms with E-state index in [-0.39, 0.29) is 12.6 Å². The summed E-state index contributed by atoms with van der Waals surface area (Å²) in [4.78, 5) is 14.9. The van der Waals surface area contributed by atoms with Crippen molar-refractivity contribution in [2.24, 2.45) is 0 Å². The molecule has 0 radical (unpaired) electrons. The first-order valence-corrected chi connectivity index (χ1v) is 8.70. The third-order valence-corrected chi connectivity index (χ3v) is 4.42. The van der Waals surface area contributed by atoms with Crippen LogP contribution in [0, 0.1) is 0 Å². The molecule has 0 aromatic heterocycles. The Balaban J connectivity index is 1.61. The number of nitrogens with zero attached hydrogens (tertiary/aromatic N) is 1. The van der Waals surface area contributed by atoms with E-state index < -0.39 is 0 Å². The Morgan fingerprint density at radius 1 is 0.808 bits per heavy atom. The highest BCUT2D eigenvalue weighted by Crippen LogP contribution is 2.23. The van der Waals surface area contributed by atoms with Crippen LogP contribution in [0.15, 0.2) is 84.9 Å². The monoisotopic (exact) mass is 361 g/mol. The van der Waals surface area contributed by atoms with Gasteiger partial charge < -0.3 is 9.64 Å². The van der Waals surface area contributed by atoms with Gasteiger partial charge in [-0.2, -0.15) is 0 Å². The number of esters is 1. The van der Waals surface area contributed by atoms with E-state index in [0.29, 0.717) is 10.4 Å². The van der Waals surface area contributed by atoms with Crippen molar-refractivity contribution in [1.82, 2.24) is 0 Å². The minimum atomic E-state index is -0.378. The topological polar surface area (TPSA) is 29.5 Å². The SMILES string of the molecule is CN(c1ccccc1)c1ccc(C(=O)OCC(=S)c2ccccc2)cc1. The van der Waals surface area contributed by atoms with Crippen LogP contribution in [0.1, 0.15) is 15.9 Å². The first kappa shape index (κ1) is 17.8. The van der Waals surface area contributed by atoms with Crippen LogP contribution >= 0.6 is 12.2 Å². The van der Waals surface area contributed by atoms with Crippen LogP contribution < -0.4 is 4.90 Å². The molecule has 0 heterocycles. The molecule has 3 nitrogen and oxygen atoms in total. The fraction of sp³-hybridized carbons (Fsp3) is 0.0909. The molecule has 3 rings (SSSR count). The van der Waals surface area contributed by atoms with Gasteiger partial charge in [-0.05, 0) is 42.0 Å². The van der Waals surface area contributed by atoms with E-state index in [2.05, 4.69) is 4.90 Å². The smallest absolute Gasteiger partial charge is 0.338 e. The Morgan fingerprint density at radius 2 is 1.35 bits per heavy atom. The standard InChI is InChI=1S/C22H19NO2S/c1-23(19-10-6-3-7-11-19)20-14-12-18(13-15-20)22(24)25-16-21(26)17-8-4-2-5-9-17/h2-15H,16H2,1H3. The van der Waals surface area contributed by atoms with Gasteiger partial charge in [0, 0.05) is 18.4 Å². The van der Waals surface area contributed by atoms with E-state index in [1.54, 1.807) is 12.1 Å². The van der Waals surface area contributed by atoms with E-state index in [1.165, 1.54) is 0 Å². The van der Waals surface area contributed by atoms with Gasteiger partial charge in [0.05, 0.1) is 10.4 Å². The maximum absolute atomic E-state index is 12.2. The molecular formula is C22H19NO2S. The Labute approximate surface area is 158 Å². The summed E-state index contributed by atoms with van der Waals surface area (Å²) in [6, 6.07) is 26.9. The van der Waals surface area contributed by atoms with Gasteiger partial charge in [-0.15, -0.1) is 0 Å². The summed E-state index contributed by atoms with van der Waals surface area (Å²) in [5, 5.41) is 0. The molecule has 0 N–H and O–H groups in total. The number of anilines is 2. The van der Waals surface area contributed by atoms with Crippen LogP contribution in [0.2, 0.25) is 0 Å². The first-order valence-electron chi connectivity index (χ1n) is 8.29. The summed E-state index contributed by atoms with van der Waals surface area (Å²) in [6.07, 6.45) is 0. The average molecular weight is 361 g/mol. The molecule has 4 heteroatoms. The molecule has 0 amide bonds. The quantitative estimate of drug-likeness (QED) is 0.350. The number of para-hydroxylation sites is 1. The van der Waals surface area contributed by atoms with Crippen molar-refractivity contribution in [3.8, 4) is 0 Å². The molecule has 130 valence electrons. The van der Waals surface area contributed by atoms with Crippen molar-refractivity contribution in [3.05, 3.63) is 96.1 Å². The largest absolute Gasteiger partial charge is 0.456 e. The van der Waals surface area contributed by atoms with Crippen molar-refractivity contribution in [1.29, 1.82) is 0 Å². The molecule has 0 saturated heterocycles. The number of thiocarbonyl (C=S) groups is 1. The zero-order valence-electron chi connectivity index (χ0n) is 14.5. The lowest BCUT2D eigenvalue weighted by atomic mass is 10.1. The Hall–Kier alpha value is -2.98. The number of hydrogen-bond acceptors (Lipinski definition) is 4. The molecule has 3 aromatic carbocycles. The summed E-state index contributed by atoms with van der Waals surface area (Å²) in [6.45, 7) is 0.101. The minimum absolute atomic E-state index is 0.101. The van der Waals surface area contributed by atoms with Crippen LogP contribution in [0.4, 0.5) is 11.4 Å². The maximum Gasteiger partial charge on any atom is 0.338 e. The second kappa shape index (κ2) is 8.41. The van der Waals surface area contributed by atoms with E-state index >= 15 is 0 Å². The van der Waals surface area contributed by atoms with Crippen LogP contribution in [0.3, 0.4) is 0 Å². The van der Waals surface area contributed by atoms with Gasteiger partial charge in [-0.25, -0.2) is 4.79 Å². The molecule has 0 aliphatic carbocycles. The van der Waals surface area contributed by atoms with Crippen LogP contribution in [0.25, 0.3) is 0 Å². The van der Waals surface area contributed by atoms with E-state index in [0.717, 1.165) is 16.9 Å². The van der Waals surface area contributed by atoms with Gasteiger partial charge in [0.1, 0.15) is 6.61 Å². The number of carbonyl (C=O) groups is 1. The number of benzene rings is 3. The van der Waals surface area contributed by atoms with E-state index in [4.69, 9.17) is 17.0 Å². The molecular weight excluding hydrogens is 342 g/mol. The number of ether oxygens (including phenoxy) is 1. The first-order chi connectivity index (χ1) is 12.6. The summed E-state index contributed by atoms with van der Waals surface area (Å²) in [7, 11) is 1.99. The predicted octanol–water partition coefficient (Wildman–Crippen LogP) is 5.03. The molecule has 0 unspecified atom stereocenters. The van der Waals surface area contributed by atoms with Crippen LogP contribution in [-0.2, 0) is 4.74 Å². The Bertz CT molecular complexity index is 877. The Kier molecular flexibility index (Phi) is 5.77. The fourth-order valence-corrected chi connectivity index (χ4v) is 2.74. The summed E-state index contributed by atoms with van der Waals surface area (Å²) >= 11 is 5.31. The molecule has 0 fully saturated rings. The lowest BCUT2D eigenvalue weighted by Crippen LogP contribution is -2.14. The zero-order valence-corrected chi connectivity index (χ0v) is 15.3. The van der Waals surface area contributed by atoms with Gasteiger partial charge in [0.25, 0.3) is 0 Å². The Morgan fingerprint density at radius 3 is 1.96 bits per heavy atom. The third-order valence-electron chi connectivity index (χ3n) is 4.06. The highest BCUT2D eigenvalue weighted by molar-refractivity contribution is 7.80. The third kappa shape index (κ3) is 4.35. The molecule has 0 aliphatic heterocycles. The second-order valence-corrected chi connectivity index (χ2v) is 6.30. The molecule has 26 heavy (non-hydrogen) atoms. The van der Waals surface area contributed by atoms with Crippen LogP contribution in [0.5, 0.6) is 0 Å². The van der Waals surface area contributed by atoms with Crippen LogP contribution in [-0.4, -0.2) is 24.5 Å². The predicted molar refractivity (Wildman–Crippen MR) is 109 cm³/mol. The van der Waals surface area contributed by atoms with Gasteiger partial charge in [-0.3, -0.25) is 0 Å². The molecule has 3 aromatic rings.